The fourth-order valence-corrected chi connectivity index (χ4v) is 4.95. The fraction of sp³-hybridized carbons (Fsp3) is 0.321. The molecule has 3 nitrogen and oxygen atoms in total. The number of rotatable bonds is 5. The van der Waals surface area contributed by atoms with Crippen molar-refractivity contribution in [3.63, 3.8) is 0 Å². The van der Waals surface area contributed by atoms with Gasteiger partial charge in [0.15, 0.2) is 0 Å². The van der Waals surface area contributed by atoms with Crippen molar-refractivity contribution in [3.8, 4) is 11.1 Å². The fourth-order valence-electron chi connectivity index (χ4n) is 4.95. The Morgan fingerprint density at radius 3 is 2.31 bits per heavy atom. The number of fused-ring (bicyclic) bond motifs is 1. The number of amides is 1. The second-order valence-electron chi connectivity index (χ2n) is 9.08. The number of halogens is 1. The molecule has 0 spiro atoms. The summed E-state index contributed by atoms with van der Waals surface area (Å²) in [6.07, 6.45) is 5.51. The molecule has 1 N–H and O–H groups in total. The average molecular weight is 429 g/mol. The van der Waals surface area contributed by atoms with Crippen LogP contribution in [0.1, 0.15) is 46.3 Å². The molecule has 0 aromatic heterocycles. The quantitative estimate of drug-likeness (QED) is 0.592. The highest BCUT2D eigenvalue weighted by Gasteiger charge is 2.21. The highest BCUT2D eigenvalue weighted by Crippen LogP contribution is 2.25. The molecule has 1 aliphatic heterocycles. The van der Waals surface area contributed by atoms with Crippen LogP contribution in [0.4, 0.5) is 4.39 Å². The van der Waals surface area contributed by atoms with Gasteiger partial charge in [0.25, 0.3) is 5.91 Å². The van der Waals surface area contributed by atoms with E-state index in [1.165, 1.54) is 54.8 Å². The van der Waals surface area contributed by atoms with E-state index in [-0.39, 0.29) is 17.8 Å². The minimum atomic E-state index is -0.249. The summed E-state index contributed by atoms with van der Waals surface area (Å²) in [4.78, 5) is 15.3. The lowest BCUT2D eigenvalue weighted by molar-refractivity contribution is 0.0933. The van der Waals surface area contributed by atoms with Gasteiger partial charge in [-0.1, -0.05) is 42.5 Å². The van der Waals surface area contributed by atoms with Crippen LogP contribution in [0, 0.1) is 5.82 Å². The van der Waals surface area contributed by atoms with Gasteiger partial charge >= 0.3 is 0 Å². The van der Waals surface area contributed by atoms with Crippen LogP contribution in [0.25, 0.3) is 11.1 Å². The maximum atomic E-state index is 13.1. The number of aryl methyl sites for hydroxylation is 1. The molecular formula is C28H29FN2O. The summed E-state index contributed by atoms with van der Waals surface area (Å²) in [5.74, 6) is -0.281. The monoisotopic (exact) mass is 428 g/mol. The first kappa shape index (κ1) is 20.9. The highest BCUT2D eigenvalue weighted by atomic mass is 19.1. The first-order valence-electron chi connectivity index (χ1n) is 11.6. The maximum Gasteiger partial charge on any atom is 0.251 e. The van der Waals surface area contributed by atoms with Gasteiger partial charge in [-0.2, -0.15) is 0 Å². The third-order valence-corrected chi connectivity index (χ3v) is 6.76. The molecule has 4 heteroatoms. The summed E-state index contributed by atoms with van der Waals surface area (Å²) in [6.45, 7) is 3.49. The van der Waals surface area contributed by atoms with E-state index in [4.69, 9.17) is 0 Å². The number of likely N-dealkylation sites (tertiary alicyclic amines) is 1. The van der Waals surface area contributed by atoms with E-state index in [2.05, 4.69) is 28.4 Å². The van der Waals surface area contributed by atoms with E-state index in [1.54, 1.807) is 12.1 Å². The third-order valence-electron chi connectivity index (χ3n) is 6.76. The van der Waals surface area contributed by atoms with Gasteiger partial charge in [-0.3, -0.25) is 9.69 Å². The Kier molecular flexibility index (Phi) is 6.04. The van der Waals surface area contributed by atoms with Crippen molar-refractivity contribution in [2.45, 2.75) is 44.7 Å². The zero-order chi connectivity index (χ0) is 21.9. The summed E-state index contributed by atoms with van der Waals surface area (Å²) in [5, 5.41) is 3.22. The summed E-state index contributed by atoms with van der Waals surface area (Å²) in [6, 6.07) is 21.0. The molecule has 1 aliphatic carbocycles. The molecule has 3 aromatic carbocycles. The largest absolute Gasteiger partial charge is 0.349 e. The molecule has 5 rings (SSSR count). The Morgan fingerprint density at radius 1 is 0.906 bits per heavy atom. The van der Waals surface area contributed by atoms with E-state index in [0.717, 1.165) is 36.9 Å². The molecule has 32 heavy (non-hydrogen) atoms. The first-order valence-corrected chi connectivity index (χ1v) is 11.6. The van der Waals surface area contributed by atoms with Crippen molar-refractivity contribution < 1.29 is 9.18 Å². The number of benzene rings is 3. The van der Waals surface area contributed by atoms with Crippen LogP contribution in [0.2, 0.25) is 0 Å². The number of nitrogens with zero attached hydrogens (tertiary/aromatic N) is 1. The molecule has 1 atom stereocenters. The van der Waals surface area contributed by atoms with Crippen molar-refractivity contribution in [2.24, 2.45) is 0 Å². The first-order chi connectivity index (χ1) is 15.6. The smallest absolute Gasteiger partial charge is 0.251 e. The molecule has 1 fully saturated rings. The lowest BCUT2D eigenvalue weighted by atomic mass is 9.87. The van der Waals surface area contributed by atoms with E-state index in [1.807, 2.05) is 24.3 Å². The second-order valence-corrected chi connectivity index (χ2v) is 9.08. The number of nitrogens with one attached hydrogen (secondary N) is 1. The summed E-state index contributed by atoms with van der Waals surface area (Å²) in [7, 11) is 0. The molecule has 3 aromatic rings. The lowest BCUT2D eigenvalue weighted by Gasteiger charge is -2.26. The van der Waals surface area contributed by atoms with Crippen LogP contribution in [0.15, 0.2) is 66.7 Å². The second kappa shape index (κ2) is 9.25. The Morgan fingerprint density at radius 2 is 1.59 bits per heavy atom. The van der Waals surface area contributed by atoms with Crippen LogP contribution >= 0.6 is 0 Å². The van der Waals surface area contributed by atoms with Crippen LogP contribution in [0.5, 0.6) is 0 Å². The molecule has 0 radical (unpaired) electrons. The van der Waals surface area contributed by atoms with Crippen molar-refractivity contribution >= 4 is 5.91 Å². The van der Waals surface area contributed by atoms with Gasteiger partial charge in [-0.15, -0.1) is 0 Å². The molecule has 164 valence electrons. The van der Waals surface area contributed by atoms with Gasteiger partial charge < -0.3 is 5.32 Å². The number of hydrogen-bond acceptors (Lipinski definition) is 2. The van der Waals surface area contributed by atoms with E-state index in [0.29, 0.717) is 5.56 Å². The Balaban J connectivity index is 1.20. The van der Waals surface area contributed by atoms with Crippen molar-refractivity contribution in [3.05, 3.63) is 94.8 Å². The van der Waals surface area contributed by atoms with E-state index in [9.17, 15) is 9.18 Å². The normalized spacial score (nSPS) is 18.3. The predicted octanol–water partition coefficient (Wildman–Crippen LogP) is 5.38. The summed E-state index contributed by atoms with van der Waals surface area (Å²) >= 11 is 0. The SMILES string of the molecule is O=C(NC1CCc2cc(CN3CCCC3)ccc2C1)c1ccc(-c2ccc(F)cc2)cc1. The number of carbonyl (C=O) groups excluding carboxylic acids is 1. The van der Waals surface area contributed by atoms with Crippen LogP contribution in [0.3, 0.4) is 0 Å². The van der Waals surface area contributed by atoms with Gasteiger partial charge in [0, 0.05) is 18.2 Å². The van der Waals surface area contributed by atoms with Crippen molar-refractivity contribution in [2.75, 3.05) is 13.1 Å². The molecular weight excluding hydrogens is 399 g/mol. The lowest BCUT2D eigenvalue weighted by Crippen LogP contribution is -2.38. The zero-order valence-electron chi connectivity index (χ0n) is 18.3. The minimum absolute atomic E-state index is 0.0326. The molecule has 1 amide bonds. The summed E-state index contributed by atoms with van der Waals surface area (Å²) in [5.41, 5.74) is 6.77. The number of hydrogen-bond donors (Lipinski definition) is 1. The molecule has 1 unspecified atom stereocenters. The highest BCUT2D eigenvalue weighted by molar-refractivity contribution is 5.94. The Labute approximate surface area is 189 Å². The molecule has 1 heterocycles. The topological polar surface area (TPSA) is 32.3 Å². The van der Waals surface area contributed by atoms with Gasteiger partial charge in [-0.05, 0) is 97.3 Å². The van der Waals surface area contributed by atoms with Crippen LogP contribution in [-0.4, -0.2) is 29.9 Å². The summed E-state index contributed by atoms with van der Waals surface area (Å²) < 4.78 is 13.1. The van der Waals surface area contributed by atoms with Gasteiger partial charge in [0.2, 0.25) is 0 Å². The third kappa shape index (κ3) is 4.76. The van der Waals surface area contributed by atoms with Crippen molar-refractivity contribution in [1.29, 1.82) is 0 Å². The van der Waals surface area contributed by atoms with Gasteiger partial charge in [0.1, 0.15) is 5.82 Å². The predicted molar refractivity (Wildman–Crippen MR) is 126 cm³/mol. The molecule has 2 aliphatic rings. The van der Waals surface area contributed by atoms with Gasteiger partial charge in [-0.25, -0.2) is 4.39 Å². The Bertz CT molecular complexity index is 1090. The minimum Gasteiger partial charge on any atom is -0.349 e. The van der Waals surface area contributed by atoms with Crippen molar-refractivity contribution in [1.82, 2.24) is 10.2 Å². The standard InChI is InChI=1S/C28H29FN2O/c29-26-12-9-22(10-13-26)21-5-7-23(8-6-21)28(32)30-27-14-11-24-17-20(3-4-25(24)18-27)19-31-15-1-2-16-31/h3-10,12-13,17,27H,1-2,11,14-16,18-19H2,(H,30,32). The van der Waals surface area contributed by atoms with E-state index >= 15 is 0 Å². The number of carbonyl (C=O) groups is 1. The van der Waals surface area contributed by atoms with Gasteiger partial charge in [0.05, 0.1) is 0 Å². The zero-order valence-corrected chi connectivity index (χ0v) is 18.3. The molecule has 1 saturated heterocycles. The maximum absolute atomic E-state index is 13.1. The molecule has 0 bridgehead atoms. The Hall–Kier alpha value is -2.98. The van der Waals surface area contributed by atoms with Crippen LogP contribution < -0.4 is 5.32 Å². The molecule has 0 saturated carbocycles. The average Bonchev–Trinajstić information content (AvgIpc) is 3.33. The van der Waals surface area contributed by atoms with Crippen LogP contribution in [-0.2, 0) is 19.4 Å². The van der Waals surface area contributed by atoms with E-state index < -0.39 is 0 Å².